The van der Waals surface area contributed by atoms with Gasteiger partial charge in [0.15, 0.2) is 10.4 Å². The van der Waals surface area contributed by atoms with E-state index >= 15 is 0 Å². The fourth-order valence-corrected chi connectivity index (χ4v) is 2.63. The van der Waals surface area contributed by atoms with Crippen LogP contribution < -0.4 is 0 Å². The van der Waals surface area contributed by atoms with Crippen LogP contribution in [0.5, 0.6) is 0 Å². The van der Waals surface area contributed by atoms with Crippen LogP contribution in [0.4, 0.5) is 0 Å². The molecule has 0 aliphatic rings. The first-order valence-corrected chi connectivity index (χ1v) is 6.69. The smallest absolute Gasteiger partial charge is 0.184 e. The monoisotopic (exact) mass is 289 g/mol. The summed E-state index contributed by atoms with van der Waals surface area (Å²) in [5.41, 5.74) is 4.98. The first-order valence-electron chi connectivity index (χ1n) is 5.91. The molecule has 0 saturated carbocycles. The number of halogens is 1. The summed E-state index contributed by atoms with van der Waals surface area (Å²) >= 11 is 11.5. The number of imidazole rings is 1. The summed E-state index contributed by atoms with van der Waals surface area (Å²) in [5.74, 6) is 0. The molecule has 0 aliphatic carbocycles. The number of rotatable bonds is 1. The second kappa shape index (κ2) is 4.47. The Balaban J connectivity index is 2.43. The van der Waals surface area contributed by atoms with Crippen LogP contribution in [0.15, 0.2) is 30.5 Å². The number of H-pyrrole nitrogens is 1. The van der Waals surface area contributed by atoms with E-state index in [4.69, 9.17) is 23.8 Å². The van der Waals surface area contributed by atoms with Gasteiger partial charge in [-0.25, -0.2) is 4.98 Å². The highest BCUT2D eigenvalue weighted by Gasteiger charge is 2.11. The standard InChI is InChI=1S/C14H12ClN3S/c1-8-3-4-10(15)7-11(8)18-13-12(17-14(18)19)9(2)5-6-16-13/h3-7H,1-2H3,(H,17,19). The third kappa shape index (κ3) is 1.97. The molecule has 19 heavy (non-hydrogen) atoms. The highest BCUT2D eigenvalue weighted by atomic mass is 35.5. The number of aromatic amines is 1. The molecule has 0 unspecified atom stereocenters. The molecule has 1 aromatic carbocycles. The zero-order valence-corrected chi connectivity index (χ0v) is 12.1. The maximum atomic E-state index is 6.09. The van der Waals surface area contributed by atoms with Gasteiger partial charge in [0.2, 0.25) is 0 Å². The first kappa shape index (κ1) is 12.4. The van der Waals surface area contributed by atoms with E-state index in [0.717, 1.165) is 28.0 Å². The fraction of sp³-hybridized carbons (Fsp3) is 0.143. The van der Waals surface area contributed by atoms with Gasteiger partial charge in [-0.05, 0) is 55.4 Å². The van der Waals surface area contributed by atoms with E-state index in [9.17, 15) is 0 Å². The molecule has 96 valence electrons. The van der Waals surface area contributed by atoms with Crippen LogP contribution in [-0.2, 0) is 0 Å². The van der Waals surface area contributed by atoms with Gasteiger partial charge in [0, 0.05) is 11.2 Å². The Hall–Kier alpha value is -1.65. The van der Waals surface area contributed by atoms with Crippen LogP contribution in [-0.4, -0.2) is 14.5 Å². The van der Waals surface area contributed by atoms with Crippen molar-refractivity contribution in [1.29, 1.82) is 0 Å². The molecule has 3 rings (SSSR count). The molecule has 0 saturated heterocycles. The van der Waals surface area contributed by atoms with Crippen LogP contribution in [0.2, 0.25) is 5.02 Å². The Morgan fingerprint density at radius 1 is 1.21 bits per heavy atom. The second-order valence-electron chi connectivity index (χ2n) is 4.52. The minimum atomic E-state index is 0.627. The second-order valence-corrected chi connectivity index (χ2v) is 5.35. The maximum absolute atomic E-state index is 6.09. The molecule has 0 bridgehead atoms. The number of nitrogens with zero attached hydrogens (tertiary/aromatic N) is 2. The van der Waals surface area contributed by atoms with Crippen molar-refractivity contribution < 1.29 is 0 Å². The van der Waals surface area contributed by atoms with E-state index in [1.165, 1.54) is 0 Å². The zero-order chi connectivity index (χ0) is 13.6. The molecule has 0 radical (unpaired) electrons. The van der Waals surface area contributed by atoms with Crippen LogP contribution in [0.25, 0.3) is 16.9 Å². The van der Waals surface area contributed by atoms with Crippen molar-refractivity contribution in [2.24, 2.45) is 0 Å². The Bertz CT molecular complexity index is 832. The van der Waals surface area contributed by atoms with Gasteiger partial charge in [-0.15, -0.1) is 0 Å². The maximum Gasteiger partial charge on any atom is 0.184 e. The normalized spacial score (nSPS) is 11.1. The number of hydrogen-bond acceptors (Lipinski definition) is 2. The predicted molar refractivity (Wildman–Crippen MR) is 80.7 cm³/mol. The van der Waals surface area contributed by atoms with Crippen molar-refractivity contribution in [3.05, 3.63) is 51.4 Å². The number of aromatic nitrogens is 3. The molecular weight excluding hydrogens is 278 g/mol. The van der Waals surface area contributed by atoms with Gasteiger partial charge in [0.25, 0.3) is 0 Å². The van der Waals surface area contributed by atoms with Gasteiger partial charge in [-0.1, -0.05) is 17.7 Å². The molecule has 5 heteroatoms. The van der Waals surface area contributed by atoms with Crippen molar-refractivity contribution in [3.63, 3.8) is 0 Å². The Labute approximate surface area is 120 Å². The van der Waals surface area contributed by atoms with Gasteiger partial charge in [-0.3, -0.25) is 4.57 Å². The van der Waals surface area contributed by atoms with Crippen molar-refractivity contribution >= 4 is 35.0 Å². The topological polar surface area (TPSA) is 33.6 Å². The van der Waals surface area contributed by atoms with Crippen LogP contribution in [0.1, 0.15) is 11.1 Å². The highest BCUT2D eigenvalue weighted by molar-refractivity contribution is 7.71. The van der Waals surface area contributed by atoms with E-state index in [1.54, 1.807) is 6.20 Å². The van der Waals surface area contributed by atoms with Crippen LogP contribution in [0.3, 0.4) is 0 Å². The Morgan fingerprint density at radius 2 is 2.00 bits per heavy atom. The van der Waals surface area contributed by atoms with Gasteiger partial charge in [0.05, 0.1) is 11.2 Å². The lowest BCUT2D eigenvalue weighted by molar-refractivity contribution is 1.03. The van der Waals surface area contributed by atoms with Gasteiger partial charge in [0.1, 0.15) is 0 Å². The largest absolute Gasteiger partial charge is 0.329 e. The predicted octanol–water partition coefficient (Wildman–Crippen LogP) is 4.35. The molecule has 3 nitrogen and oxygen atoms in total. The third-order valence-electron chi connectivity index (χ3n) is 3.20. The average molecular weight is 290 g/mol. The SMILES string of the molecule is Cc1ccc(Cl)cc1-n1c(=S)[nH]c2c(C)ccnc21. The van der Waals surface area contributed by atoms with Crippen molar-refractivity contribution in [2.45, 2.75) is 13.8 Å². The van der Waals surface area contributed by atoms with Gasteiger partial charge < -0.3 is 4.98 Å². The third-order valence-corrected chi connectivity index (χ3v) is 3.72. The summed E-state index contributed by atoms with van der Waals surface area (Å²) in [6.45, 7) is 4.06. The average Bonchev–Trinajstić information content (AvgIpc) is 2.70. The summed E-state index contributed by atoms with van der Waals surface area (Å²) < 4.78 is 2.56. The molecular formula is C14H12ClN3S. The van der Waals surface area contributed by atoms with E-state index in [0.29, 0.717) is 9.79 Å². The molecule has 0 spiro atoms. The van der Waals surface area contributed by atoms with Gasteiger partial charge in [-0.2, -0.15) is 0 Å². The number of pyridine rings is 1. The van der Waals surface area contributed by atoms with E-state index in [-0.39, 0.29) is 0 Å². The number of aryl methyl sites for hydroxylation is 2. The van der Waals surface area contributed by atoms with Crippen molar-refractivity contribution in [3.8, 4) is 5.69 Å². The minimum absolute atomic E-state index is 0.627. The van der Waals surface area contributed by atoms with Crippen molar-refractivity contribution in [2.75, 3.05) is 0 Å². The number of nitrogens with one attached hydrogen (secondary N) is 1. The molecule has 0 fully saturated rings. The molecule has 2 aromatic heterocycles. The number of fused-ring (bicyclic) bond motifs is 1. The molecule has 1 N–H and O–H groups in total. The van der Waals surface area contributed by atoms with Crippen molar-refractivity contribution in [1.82, 2.24) is 14.5 Å². The summed E-state index contributed by atoms with van der Waals surface area (Å²) in [6, 6.07) is 7.72. The first-order chi connectivity index (χ1) is 9.08. The minimum Gasteiger partial charge on any atom is -0.329 e. The molecule has 0 atom stereocenters. The summed E-state index contributed by atoms with van der Waals surface area (Å²) in [4.78, 5) is 7.64. The number of hydrogen-bond donors (Lipinski definition) is 1. The molecule has 3 aromatic rings. The Morgan fingerprint density at radius 3 is 2.79 bits per heavy atom. The quantitative estimate of drug-likeness (QED) is 0.676. The van der Waals surface area contributed by atoms with Crippen LogP contribution >= 0.6 is 23.8 Å². The summed E-state index contributed by atoms with van der Waals surface area (Å²) in [6.07, 6.45) is 1.79. The fourth-order valence-electron chi connectivity index (χ4n) is 2.17. The van der Waals surface area contributed by atoms with E-state index in [1.807, 2.05) is 42.7 Å². The summed E-state index contributed by atoms with van der Waals surface area (Å²) in [5, 5.41) is 0.685. The van der Waals surface area contributed by atoms with Gasteiger partial charge >= 0.3 is 0 Å². The number of benzene rings is 1. The molecule has 0 amide bonds. The van der Waals surface area contributed by atoms with Crippen LogP contribution in [0, 0.1) is 18.6 Å². The lowest BCUT2D eigenvalue weighted by atomic mass is 10.2. The lowest BCUT2D eigenvalue weighted by Crippen LogP contribution is -1.98. The zero-order valence-electron chi connectivity index (χ0n) is 10.6. The Kier molecular flexibility index (Phi) is 2.92. The molecule has 0 aliphatic heterocycles. The van der Waals surface area contributed by atoms with E-state index in [2.05, 4.69) is 9.97 Å². The highest BCUT2D eigenvalue weighted by Crippen LogP contribution is 2.24. The van der Waals surface area contributed by atoms with E-state index < -0.39 is 0 Å². The lowest BCUT2D eigenvalue weighted by Gasteiger charge is -2.08. The molecule has 2 heterocycles. The summed E-state index contributed by atoms with van der Waals surface area (Å²) in [7, 11) is 0.